The molecule has 5 heteroatoms. The highest BCUT2D eigenvalue weighted by atomic mass is 35.5. The number of nitrogens with zero attached hydrogens (tertiary/aromatic N) is 3. The van der Waals surface area contributed by atoms with E-state index in [4.69, 9.17) is 11.6 Å². The number of pyridine rings is 1. The molecule has 0 fully saturated rings. The molecule has 1 N–H and O–H groups in total. The van der Waals surface area contributed by atoms with Gasteiger partial charge in [0.05, 0.1) is 10.7 Å². The van der Waals surface area contributed by atoms with E-state index in [2.05, 4.69) is 15.3 Å². The quantitative estimate of drug-likeness (QED) is 0.909. The molecule has 0 amide bonds. The molecule has 0 aliphatic carbocycles. The van der Waals surface area contributed by atoms with Gasteiger partial charge in [0, 0.05) is 18.4 Å². The topological polar surface area (TPSA) is 42.7 Å². The van der Waals surface area contributed by atoms with Crippen molar-refractivity contribution in [2.24, 2.45) is 0 Å². The lowest BCUT2D eigenvalue weighted by atomic mass is 10.3. The van der Waals surface area contributed by atoms with E-state index in [-0.39, 0.29) is 0 Å². The minimum atomic E-state index is 0.637. The first kappa shape index (κ1) is 12.1. The molecule has 0 bridgehead atoms. The molecule has 0 unspecified atom stereocenters. The van der Waals surface area contributed by atoms with E-state index in [1.807, 2.05) is 37.7 Å². The highest BCUT2D eigenvalue weighted by molar-refractivity contribution is 6.32. The third kappa shape index (κ3) is 2.33. The van der Waals surface area contributed by atoms with Gasteiger partial charge < -0.3 is 5.32 Å². The number of imidazole rings is 1. The third-order valence-electron chi connectivity index (χ3n) is 2.74. The first-order chi connectivity index (χ1) is 8.13. The molecule has 90 valence electrons. The standard InChI is InChI=1S/C12H15ClN4/c1-8-9(2)17(7-16-8)12-11(13)4-10(5-14-3)6-15-12/h4,6-7,14H,5H2,1-3H3. The van der Waals surface area contributed by atoms with Crippen molar-refractivity contribution in [1.29, 1.82) is 0 Å². The summed E-state index contributed by atoms with van der Waals surface area (Å²) >= 11 is 6.24. The average molecular weight is 251 g/mol. The molecule has 0 saturated heterocycles. The number of aromatic nitrogens is 3. The van der Waals surface area contributed by atoms with Gasteiger partial charge in [0.25, 0.3) is 0 Å². The number of aryl methyl sites for hydroxylation is 1. The molecule has 4 nitrogen and oxygen atoms in total. The summed E-state index contributed by atoms with van der Waals surface area (Å²) in [7, 11) is 1.89. The molecule has 0 saturated carbocycles. The van der Waals surface area contributed by atoms with Gasteiger partial charge in [-0.1, -0.05) is 11.6 Å². The van der Waals surface area contributed by atoms with Crippen LogP contribution in [0.25, 0.3) is 5.82 Å². The predicted molar refractivity (Wildman–Crippen MR) is 68.6 cm³/mol. The molecular weight excluding hydrogens is 236 g/mol. The zero-order valence-corrected chi connectivity index (χ0v) is 10.9. The van der Waals surface area contributed by atoms with E-state index in [0.717, 1.165) is 29.3 Å². The molecule has 2 rings (SSSR count). The Kier molecular flexibility index (Phi) is 3.45. The Labute approximate surface area is 106 Å². The van der Waals surface area contributed by atoms with Gasteiger partial charge in [-0.3, -0.25) is 4.57 Å². The highest BCUT2D eigenvalue weighted by Gasteiger charge is 2.09. The maximum Gasteiger partial charge on any atom is 0.156 e. The number of hydrogen-bond donors (Lipinski definition) is 1. The molecule has 0 aromatic carbocycles. The zero-order chi connectivity index (χ0) is 12.4. The minimum absolute atomic E-state index is 0.637. The van der Waals surface area contributed by atoms with Crippen molar-refractivity contribution in [1.82, 2.24) is 19.9 Å². The maximum atomic E-state index is 6.24. The fraction of sp³-hybridized carbons (Fsp3) is 0.333. The summed E-state index contributed by atoms with van der Waals surface area (Å²) in [6.07, 6.45) is 3.57. The first-order valence-corrected chi connectivity index (χ1v) is 5.81. The molecule has 0 aliphatic rings. The summed E-state index contributed by atoms with van der Waals surface area (Å²) in [5, 5.41) is 3.71. The summed E-state index contributed by atoms with van der Waals surface area (Å²) < 4.78 is 1.90. The van der Waals surface area contributed by atoms with Crippen molar-refractivity contribution in [3.05, 3.63) is 40.6 Å². The lowest BCUT2D eigenvalue weighted by molar-refractivity contribution is 0.810. The number of nitrogens with one attached hydrogen (secondary N) is 1. The second-order valence-electron chi connectivity index (χ2n) is 3.96. The van der Waals surface area contributed by atoms with Crippen LogP contribution in [0.3, 0.4) is 0 Å². The number of rotatable bonds is 3. The van der Waals surface area contributed by atoms with Gasteiger partial charge in [0.15, 0.2) is 5.82 Å². The largest absolute Gasteiger partial charge is 0.316 e. The molecule has 0 aliphatic heterocycles. The monoisotopic (exact) mass is 250 g/mol. The smallest absolute Gasteiger partial charge is 0.156 e. The Morgan fingerprint density at radius 1 is 1.35 bits per heavy atom. The Morgan fingerprint density at radius 2 is 2.12 bits per heavy atom. The number of halogens is 1. The number of hydrogen-bond acceptors (Lipinski definition) is 3. The average Bonchev–Trinajstić information content (AvgIpc) is 2.61. The normalized spacial score (nSPS) is 10.8. The van der Waals surface area contributed by atoms with E-state index in [1.54, 1.807) is 6.33 Å². The molecule has 0 atom stereocenters. The summed E-state index contributed by atoms with van der Waals surface area (Å²) in [6.45, 7) is 4.73. The van der Waals surface area contributed by atoms with E-state index in [0.29, 0.717) is 5.02 Å². The molecule has 0 spiro atoms. The maximum absolute atomic E-state index is 6.24. The zero-order valence-electron chi connectivity index (χ0n) is 10.2. The highest BCUT2D eigenvalue weighted by Crippen LogP contribution is 2.21. The third-order valence-corrected chi connectivity index (χ3v) is 3.02. The van der Waals surface area contributed by atoms with E-state index >= 15 is 0 Å². The van der Waals surface area contributed by atoms with Gasteiger partial charge in [0.2, 0.25) is 0 Å². The van der Waals surface area contributed by atoms with Crippen molar-refractivity contribution in [3.8, 4) is 5.82 Å². The van der Waals surface area contributed by atoms with Crippen molar-refractivity contribution >= 4 is 11.6 Å². The molecule has 0 radical (unpaired) electrons. The van der Waals surface area contributed by atoms with Gasteiger partial charge in [-0.2, -0.15) is 0 Å². The van der Waals surface area contributed by atoms with Crippen LogP contribution in [0.15, 0.2) is 18.6 Å². The molecule has 17 heavy (non-hydrogen) atoms. The summed E-state index contributed by atoms with van der Waals surface area (Å²) in [6, 6.07) is 1.93. The van der Waals surface area contributed by atoms with Gasteiger partial charge in [-0.15, -0.1) is 0 Å². The van der Waals surface area contributed by atoms with Crippen molar-refractivity contribution in [2.75, 3.05) is 7.05 Å². The van der Waals surface area contributed by atoms with Crippen LogP contribution in [0.2, 0.25) is 5.02 Å². The van der Waals surface area contributed by atoms with Crippen LogP contribution in [-0.4, -0.2) is 21.6 Å². The Hall–Kier alpha value is -1.39. The van der Waals surface area contributed by atoms with Gasteiger partial charge >= 0.3 is 0 Å². The van der Waals surface area contributed by atoms with Crippen LogP contribution in [-0.2, 0) is 6.54 Å². The van der Waals surface area contributed by atoms with E-state index < -0.39 is 0 Å². The van der Waals surface area contributed by atoms with Gasteiger partial charge in [0.1, 0.15) is 6.33 Å². The van der Waals surface area contributed by atoms with Crippen molar-refractivity contribution in [3.63, 3.8) is 0 Å². The van der Waals surface area contributed by atoms with Crippen LogP contribution in [0.4, 0.5) is 0 Å². The van der Waals surface area contributed by atoms with E-state index in [1.165, 1.54) is 0 Å². The summed E-state index contributed by atoms with van der Waals surface area (Å²) in [4.78, 5) is 8.64. The van der Waals surface area contributed by atoms with Gasteiger partial charge in [-0.05, 0) is 32.5 Å². The lowest BCUT2D eigenvalue weighted by Gasteiger charge is -2.08. The first-order valence-electron chi connectivity index (χ1n) is 5.43. The molecule has 2 heterocycles. The van der Waals surface area contributed by atoms with Crippen molar-refractivity contribution < 1.29 is 0 Å². The predicted octanol–water partition coefficient (Wildman–Crippen LogP) is 2.26. The van der Waals surface area contributed by atoms with Crippen LogP contribution >= 0.6 is 11.6 Å². The van der Waals surface area contributed by atoms with Crippen molar-refractivity contribution in [2.45, 2.75) is 20.4 Å². The Bertz CT molecular complexity index is 533. The molecule has 2 aromatic rings. The second kappa shape index (κ2) is 4.85. The molecule has 2 aromatic heterocycles. The Balaban J connectivity index is 2.43. The SMILES string of the molecule is CNCc1cnc(-n2cnc(C)c2C)c(Cl)c1. The minimum Gasteiger partial charge on any atom is -0.316 e. The lowest BCUT2D eigenvalue weighted by Crippen LogP contribution is -2.07. The second-order valence-corrected chi connectivity index (χ2v) is 4.37. The van der Waals surface area contributed by atoms with Gasteiger partial charge in [-0.25, -0.2) is 9.97 Å². The summed E-state index contributed by atoms with van der Waals surface area (Å²) in [5.41, 5.74) is 3.11. The molecular formula is C12H15ClN4. The van der Waals surface area contributed by atoms with Crippen LogP contribution in [0.1, 0.15) is 17.0 Å². The van der Waals surface area contributed by atoms with Crippen LogP contribution in [0, 0.1) is 13.8 Å². The van der Waals surface area contributed by atoms with Crippen LogP contribution < -0.4 is 5.32 Å². The summed E-state index contributed by atoms with van der Waals surface area (Å²) in [5.74, 6) is 0.726. The fourth-order valence-electron chi connectivity index (χ4n) is 1.66. The fourth-order valence-corrected chi connectivity index (χ4v) is 1.94. The Morgan fingerprint density at radius 3 is 2.65 bits per heavy atom. The van der Waals surface area contributed by atoms with E-state index in [9.17, 15) is 0 Å². The van der Waals surface area contributed by atoms with Crippen LogP contribution in [0.5, 0.6) is 0 Å².